The summed E-state index contributed by atoms with van der Waals surface area (Å²) in [6.07, 6.45) is 8.90. The van der Waals surface area contributed by atoms with Crippen LogP contribution < -0.4 is 11.1 Å². The lowest BCUT2D eigenvalue weighted by molar-refractivity contribution is -0.131. The van der Waals surface area contributed by atoms with Crippen LogP contribution in [0.2, 0.25) is 0 Å². The second-order valence-electron chi connectivity index (χ2n) is 4.06. The minimum absolute atomic E-state index is 0.493. The molecule has 0 aliphatic rings. The Morgan fingerprint density at radius 3 is 2.81 bits per heavy atom. The number of aromatic nitrogens is 2. The molecule has 0 atom stereocenters. The highest BCUT2D eigenvalue weighted by molar-refractivity contribution is 5.81. The molecule has 0 aliphatic carbocycles. The summed E-state index contributed by atoms with van der Waals surface area (Å²) < 4.78 is 0. The molecule has 4 N–H and O–H groups in total. The van der Waals surface area contributed by atoms with Crippen molar-refractivity contribution in [2.75, 3.05) is 18.4 Å². The largest absolute Gasteiger partial charge is 0.478 e. The van der Waals surface area contributed by atoms with E-state index >= 15 is 0 Å². The first-order valence-electron chi connectivity index (χ1n) is 6.27. The molecule has 0 bridgehead atoms. The first-order valence-corrected chi connectivity index (χ1v) is 6.27. The summed E-state index contributed by atoms with van der Waals surface area (Å²) in [4.78, 5) is 18.9. The van der Waals surface area contributed by atoms with Gasteiger partial charge in [-0.2, -0.15) is 0 Å². The molecule has 6 heteroatoms. The van der Waals surface area contributed by atoms with Gasteiger partial charge in [0.2, 0.25) is 0 Å². The number of carboxylic acid groups (broad SMARTS) is 1. The zero-order chi connectivity index (χ0) is 15.7. The number of nitrogens with two attached hydrogens (primary N) is 1. The minimum Gasteiger partial charge on any atom is -0.478 e. The van der Waals surface area contributed by atoms with Crippen molar-refractivity contribution < 1.29 is 9.90 Å². The summed E-state index contributed by atoms with van der Waals surface area (Å²) in [5, 5.41) is 11.6. The standard InChI is InChI=1S/C15H18N4O2/c1-3-12(8-11(2)4-5-15(20)21)13-9-17-10-14(19-13)18-7-6-16/h3-5,8-10H,1-2,6-7,16H2,(H,18,19)(H,20,21)/b5-4+,12-8+. The Kier molecular flexibility index (Phi) is 6.56. The monoisotopic (exact) mass is 286 g/mol. The summed E-state index contributed by atoms with van der Waals surface area (Å²) in [5.74, 6) is -0.421. The number of hydrogen-bond donors (Lipinski definition) is 3. The molecule has 1 rings (SSSR count). The second-order valence-corrected chi connectivity index (χ2v) is 4.06. The third-order valence-corrected chi connectivity index (χ3v) is 2.38. The number of nitrogens with zero attached hydrogens (tertiary/aromatic N) is 2. The predicted molar refractivity (Wildman–Crippen MR) is 83.7 cm³/mol. The molecule has 0 spiro atoms. The fraction of sp³-hybridized carbons (Fsp3) is 0.133. The van der Waals surface area contributed by atoms with Gasteiger partial charge in [-0.3, -0.25) is 4.98 Å². The third kappa shape index (κ3) is 5.84. The van der Waals surface area contributed by atoms with Crippen LogP contribution in [-0.4, -0.2) is 34.1 Å². The SMILES string of the molecule is C=C/C(=C\C(=C)/C=C/C(=O)O)c1cncc(NCCN)n1. The van der Waals surface area contributed by atoms with Gasteiger partial charge in [0.1, 0.15) is 5.82 Å². The van der Waals surface area contributed by atoms with Crippen molar-refractivity contribution in [2.24, 2.45) is 5.73 Å². The smallest absolute Gasteiger partial charge is 0.328 e. The summed E-state index contributed by atoms with van der Waals surface area (Å²) in [7, 11) is 0. The number of hydrogen-bond acceptors (Lipinski definition) is 5. The number of anilines is 1. The van der Waals surface area contributed by atoms with Crippen molar-refractivity contribution >= 4 is 17.4 Å². The van der Waals surface area contributed by atoms with E-state index in [-0.39, 0.29) is 0 Å². The molecule has 0 radical (unpaired) electrons. The topological polar surface area (TPSA) is 101 Å². The molecule has 21 heavy (non-hydrogen) atoms. The molecule has 1 aromatic heterocycles. The Bertz CT molecular complexity index is 591. The molecular formula is C15H18N4O2. The first kappa shape index (κ1) is 16.3. The van der Waals surface area contributed by atoms with Crippen LogP contribution in [0.5, 0.6) is 0 Å². The lowest BCUT2D eigenvalue weighted by Crippen LogP contribution is -2.14. The molecule has 110 valence electrons. The maximum absolute atomic E-state index is 10.5. The lowest BCUT2D eigenvalue weighted by atomic mass is 10.1. The van der Waals surface area contributed by atoms with Crippen molar-refractivity contribution in [3.8, 4) is 0 Å². The maximum atomic E-state index is 10.5. The number of rotatable bonds is 8. The number of carbonyl (C=O) groups is 1. The van der Waals surface area contributed by atoms with Crippen LogP contribution in [0.25, 0.3) is 5.57 Å². The highest BCUT2D eigenvalue weighted by Crippen LogP contribution is 2.16. The van der Waals surface area contributed by atoms with E-state index in [4.69, 9.17) is 10.8 Å². The number of allylic oxidation sites excluding steroid dienone is 5. The van der Waals surface area contributed by atoms with Crippen LogP contribution in [0.1, 0.15) is 5.69 Å². The molecule has 0 aromatic carbocycles. The van der Waals surface area contributed by atoms with Crippen molar-refractivity contribution in [1.82, 2.24) is 9.97 Å². The van der Waals surface area contributed by atoms with E-state index in [1.807, 2.05) is 0 Å². The van der Waals surface area contributed by atoms with E-state index in [0.717, 1.165) is 6.08 Å². The van der Waals surface area contributed by atoms with Gasteiger partial charge in [0, 0.05) is 24.7 Å². The Labute approximate surface area is 123 Å². The lowest BCUT2D eigenvalue weighted by Gasteiger charge is -2.06. The molecule has 0 saturated carbocycles. The molecule has 1 heterocycles. The fourth-order valence-electron chi connectivity index (χ4n) is 1.45. The van der Waals surface area contributed by atoms with Crippen LogP contribution in [-0.2, 0) is 4.79 Å². The summed E-state index contributed by atoms with van der Waals surface area (Å²) >= 11 is 0. The van der Waals surface area contributed by atoms with Gasteiger partial charge >= 0.3 is 5.97 Å². The zero-order valence-electron chi connectivity index (χ0n) is 11.6. The van der Waals surface area contributed by atoms with Gasteiger partial charge in [-0.05, 0) is 17.7 Å². The Balaban J connectivity index is 2.96. The molecular weight excluding hydrogens is 268 g/mol. The van der Waals surface area contributed by atoms with Gasteiger partial charge in [-0.25, -0.2) is 9.78 Å². The van der Waals surface area contributed by atoms with Crippen LogP contribution in [0.4, 0.5) is 5.82 Å². The summed E-state index contributed by atoms with van der Waals surface area (Å²) in [5.41, 5.74) is 7.24. The third-order valence-electron chi connectivity index (χ3n) is 2.38. The second kappa shape index (κ2) is 8.44. The van der Waals surface area contributed by atoms with Crippen molar-refractivity contribution in [1.29, 1.82) is 0 Å². The normalized spacial score (nSPS) is 11.4. The summed E-state index contributed by atoms with van der Waals surface area (Å²) in [6.45, 7) is 8.57. The zero-order valence-corrected chi connectivity index (χ0v) is 11.6. The van der Waals surface area contributed by atoms with Crippen LogP contribution in [0, 0.1) is 0 Å². The van der Waals surface area contributed by atoms with Gasteiger partial charge in [0.25, 0.3) is 0 Å². The van der Waals surface area contributed by atoms with E-state index in [0.29, 0.717) is 35.7 Å². The minimum atomic E-state index is -1.03. The Morgan fingerprint density at radius 2 is 2.19 bits per heavy atom. The van der Waals surface area contributed by atoms with Gasteiger partial charge in [0.15, 0.2) is 0 Å². The molecule has 0 saturated heterocycles. The molecule has 0 amide bonds. The molecule has 1 aromatic rings. The van der Waals surface area contributed by atoms with Crippen molar-refractivity contribution in [2.45, 2.75) is 0 Å². The van der Waals surface area contributed by atoms with Gasteiger partial charge in [-0.15, -0.1) is 0 Å². The van der Waals surface area contributed by atoms with Gasteiger partial charge < -0.3 is 16.2 Å². The number of carboxylic acids is 1. The first-order chi connectivity index (χ1) is 10.1. The van der Waals surface area contributed by atoms with E-state index in [1.165, 1.54) is 6.08 Å². The highest BCUT2D eigenvalue weighted by Gasteiger charge is 2.02. The van der Waals surface area contributed by atoms with Gasteiger partial charge in [-0.1, -0.05) is 19.2 Å². The Hall–Kier alpha value is -2.73. The van der Waals surface area contributed by atoms with E-state index < -0.39 is 5.97 Å². The molecule has 0 unspecified atom stereocenters. The van der Waals surface area contributed by atoms with Crippen molar-refractivity contribution in [3.63, 3.8) is 0 Å². The van der Waals surface area contributed by atoms with Crippen molar-refractivity contribution in [3.05, 3.63) is 61.1 Å². The van der Waals surface area contributed by atoms with Crippen LogP contribution in [0.3, 0.4) is 0 Å². The summed E-state index contributed by atoms with van der Waals surface area (Å²) in [6, 6.07) is 0. The van der Waals surface area contributed by atoms with Crippen LogP contribution in [0.15, 0.2) is 55.4 Å². The number of aliphatic carboxylic acids is 1. The highest BCUT2D eigenvalue weighted by atomic mass is 16.4. The maximum Gasteiger partial charge on any atom is 0.328 e. The van der Waals surface area contributed by atoms with Crippen LogP contribution >= 0.6 is 0 Å². The molecule has 0 fully saturated rings. The average molecular weight is 286 g/mol. The molecule has 0 aliphatic heterocycles. The molecule has 6 nitrogen and oxygen atoms in total. The average Bonchev–Trinajstić information content (AvgIpc) is 2.48. The quantitative estimate of drug-likeness (QED) is 0.496. The van der Waals surface area contributed by atoms with E-state index in [9.17, 15) is 4.79 Å². The van der Waals surface area contributed by atoms with E-state index in [2.05, 4.69) is 28.4 Å². The predicted octanol–water partition coefficient (Wildman–Crippen LogP) is 1.61. The number of nitrogens with one attached hydrogen (secondary N) is 1. The van der Waals surface area contributed by atoms with E-state index in [1.54, 1.807) is 24.5 Å². The Morgan fingerprint density at radius 1 is 1.43 bits per heavy atom. The van der Waals surface area contributed by atoms with Gasteiger partial charge in [0.05, 0.1) is 18.1 Å². The fourth-order valence-corrected chi connectivity index (χ4v) is 1.45.